The molecule has 0 radical (unpaired) electrons. The first-order valence-corrected chi connectivity index (χ1v) is 5.67. The van der Waals surface area contributed by atoms with Gasteiger partial charge in [0.2, 0.25) is 0 Å². The van der Waals surface area contributed by atoms with E-state index in [0.29, 0.717) is 5.69 Å². The predicted octanol–water partition coefficient (Wildman–Crippen LogP) is 0.650. The Labute approximate surface area is 109 Å². The summed E-state index contributed by atoms with van der Waals surface area (Å²) < 4.78 is 2.40. The van der Waals surface area contributed by atoms with Gasteiger partial charge in [0.05, 0.1) is 4.47 Å². The first-order chi connectivity index (χ1) is 7.18. The minimum absolute atomic E-state index is 0. The zero-order valence-electron chi connectivity index (χ0n) is 8.94. The summed E-state index contributed by atoms with van der Waals surface area (Å²) in [7, 11) is 1.80. The highest BCUT2D eigenvalue weighted by molar-refractivity contribution is 9.10. The molecule has 0 saturated carbocycles. The molecule has 0 unspecified atom stereocenters. The number of carbonyl (C=O) groups excluding carboxylic acids is 1. The van der Waals surface area contributed by atoms with Crippen LogP contribution in [0.1, 0.15) is 10.5 Å². The van der Waals surface area contributed by atoms with Gasteiger partial charge in [-0.05, 0) is 15.9 Å². The third kappa shape index (κ3) is 2.75. The number of rotatable bonds is 1. The van der Waals surface area contributed by atoms with Crippen molar-refractivity contribution in [3.63, 3.8) is 0 Å². The summed E-state index contributed by atoms with van der Waals surface area (Å²) in [6, 6.07) is 0. The molecule has 2 rings (SSSR count). The number of carbonyl (C=O) groups is 1. The van der Waals surface area contributed by atoms with E-state index in [1.807, 2.05) is 4.90 Å². The molecular weight excluding hydrogens is 295 g/mol. The molecule has 0 bridgehead atoms. The molecule has 2 heterocycles. The molecule has 0 atom stereocenters. The third-order valence-electron chi connectivity index (χ3n) is 2.39. The zero-order valence-corrected chi connectivity index (χ0v) is 11.3. The Kier molecular flexibility index (Phi) is 4.76. The van der Waals surface area contributed by atoms with Crippen molar-refractivity contribution in [2.45, 2.75) is 0 Å². The number of hydrogen-bond acceptors (Lipinski definition) is 3. The molecule has 1 N–H and O–H groups in total. The minimum atomic E-state index is 0. The van der Waals surface area contributed by atoms with Gasteiger partial charge in [-0.1, -0.05) is 0 Å². The Hall–Kier alpha value is -0.590. The second kappa shape index (κ2) is 5.65. The van der Waals surface area contributed by atoms with Crippen molar-refractivity contribution in [3.8, 4) is 0 Å². The van der Waals surface area contributed by atoms with E-state index >= 15 is 0 Å². The van der Waals surface area contributed by atoms with Gasteiger partial charge in [0, 0.05) is 39.4 Å². The molecule has 16 heavy (non-hydrogen) atoms. The van der Waals surface area contributed by atoms with Crippen LogP contribution in [0.3, 0.4) is 0 Å². The van der Waals surface area contributed by atoms with Gasteiger partial charge in [-0.2, -0.15) is 5.10 Å². The Morgan fingerprint density at radius 1 is 1.50 bits per heavy atom. The van der Waals surface area contributed by atoms with E-state index < -0.39 is 0 Å². The number of aromatic nitrogens is 2. The molecule has 0 aliphatic carbocycles. The van der Waals surface area contributed by atoms with Crippen LogP contribution in [-0.2, 0) is 7.05 Å². The van der Waals surface area contributed by atoms with Crippen LogP contribution in [0.15, 0.2) is 10.7 Å². The fraction of sp³-hybridized carbons (Fsp3) is 0.556. The summed E-state index contributed by atoms with van der Waals surface area (Å²) in [5.41, 5.74) is 0.499. The fourth-order valence-electron chi connectivity index (χ4n) is 1.62. The quantitative estimate of drug-likeness (QED) is 0.829. The van der Waals surface area contributed by atoms with Crippen LogP contribution in [0.2, 0.25) is 0 Å². The van der Waals surface area contributed by atoms with Gasteiger partial charge in [0.1, 0.15) is 0 Å². The van der Waals surface area contributed by atoms with E-state index in [2.05, 4.69) is 26.3 Å². The average molecular weight is 310 g/mol. The van der Waals surface area contributed by atoms with Crippen molar-refractivity contribution in [3.05, 3.63) is 16.4 Å². The number of aryl methyl sites for hydroxylation is 1. The highest BCUT2D eigenvalue weighted by atomic mass is 79.9. The lowest BCUT2D eigenvalue weighted by molar-refractivity contribution is 0.0728. The van der Waals surface area contributed by atoms with Crippen LogP contribution in [0.4, 0.5) is 0 Å². The predicted molar refractivity (Wildman–Crippen MR) is 66.9 cm³/mol. The third-order valence-corrected chi connectivity index (χ3v) is 2.97. The highest BCUT2D eigenvalue weighted by Gasteiger charge is 2.22. The Morgan fingerprint density at radius 3 is 2.62 bits per heavy atom. The molecule has 0 aromatic carbocycles. The first kappa shape index (κ1) is 13.5. The van der Waals surface area contributed by atoms with Crippen LogP contribution < -0.4 is 5.32 Å². The van der Waals surface area contributed by atoms with Gasteiger partial charge in [-0.15, -0.1) is 12.4 Å². The standard InChI is InChI=1S/C9H13BrN4O.ClH/c1-13-6-7(10)8(12-13)9(15)14-4-2-11-3-5-14;/h6,11H,2-5H2,1H3;1H. The first-order valence-electron chi connectivity index (χ1n) is 4.87. The van der Waals surface area contributed by atoms with E-state index in [-0.39, 0.29) is 18.3 Å². The molecule has 5 nitrogen and oxygen atoms in total. The smallest absolute Gasteiger partial charge is 0.275 e. The highest BCUT2D eigenvalue weighted by Crippen LogP contribution is 2.16. The fourth-order valence-corrected chi connectivity index (χ4v) is 2.17. The van der Waals surface area contributed by atoms with E-state index in [1.54, 1.807) is 17.9 Å². The van der Waals surface area contributed by atoms with E-state index in [1.165, 1.54) is 0 Å². The van der Waals surface area contributed by atoms with E-state index in [9.17, 15) is 4.79 Å². The van der Waals surface area contributed by atoms with E-state index in [4.69, 9.17) is 0 Å². The lowest BCUT2D eigenvalue weighted by Gasteiger charge is -2.26. The second-order valence-electron chi connectivity index (χ2n) is 3.54. The number of amides is 1. The maximum atomic E-state index is 12.0. The second-order valence-corrected chi connectivity index (χ2v) is 4.40. The molecule has 1 amide bonds. The van der Waals surface area contributed by atoms with Gasteiger partial charge < -0.3 is 10.2 Å². The normalized spacial score (nSPS) is 15.8. The topological polar surface area (TPSA) is 50.2 Å². The van der Waals surface area contributed by atoms with Gasteiger partial charge >= 0.3 is 0 Å². The van der Waals surface area contributed by atoms with Gasteiger partial charge in [0.15, 0.2) is 5.69 Å². The lowest BCUT2D eigenvalue weighted by Crippen LogP contribution is -2.46. The SMILES string of the molecule is Cl.Cn1cc(Br)c(C(=O)N2CCNCC2)n1. The number of hydrogen-bond donors (Lipinski definition) is 1. The van der Waals surface area contributed by atoms with Crippen LogP contribution >= 0.6 is 28.3 Å². The summed E-state index contributed by atoms with van der Waals surface area (Å²) >= 11 is 3.34. The molecule has 1 fully saturated rings. The largest absolute Gasteiger partial charge is 0.335 e. The maximum absolute atomic E-state index is 12.0. The minimum Gasteiger partial charge on any atom is -0.335 e. The van der Waals surface area contributed by atoms with Crippen molar-refractivity contribution in [2.24, 2.45) is 7.05 Å². The summed E-state index contributed by atoms with van der Waals surface area (Å²) in [6.45, 7) is 3.22. The molecular formula is C9H14BrClN4O. The van der Waals surface area contributed by atoms with Crippen LogP contribution in [-0.4, -0.2) is 46.8 Å². The summed E-state index contributed by atoms with van der Waals surface area (Å²) in [6.07, 6.45) is 1.79. The Balaban J connectivity index is 0.00000128. The Bertz CT molecular complexity index is 376. The molecule has 1 saturated heterocycles. The van der Waals surface area contributed by atoms with Crippen molar-refractivity contribution in [2.75, 3.05) is 26.2 Å². The monoisotopic (exact) mass is 308 g/mol. The van der Waals surface area contributed by atoms with Crippen LogP contribution in [0.5, 0.6) is 0 Å². The number of nitrogens with zero attached hydrogens (tertiary/aromatic N) is 3. The average Bonchev–Trinajstić information content (AvgIpc) is 2.58. The van der Waals surface area contributed by atoms with E-state index in [0.717, 1.165) is 30.7 Å². The number of halogens is 2. The van der Waals surface area contributed by atoms with Gasteiger partial charge in [0.25, 0.3) is 5.91 Å². The molecule has 1 aromatic rings. The summed E-state index contributed by atoms with van der Waals surface area (Å²) in [4.78, 5) is 13.8. The van der Waals surface area contributed by atoms with Crippen molar-refractivity contribution in [1.82, 2.24) is 20.0 Å². The summed E-state index contributed by atoms with van der Waals surface area (Å²) in [5.74, 6) is 0.00368. The lowest BCUT2D eigenvalue weighted by atomic mass is 10.3. The van der Waals surface area contributed by atoms with Gasteiger partial charge in [-0.25, -0.2) is 0 Å². The van der Waals surface area contributed by atoms with Crippen LogP contribution in [0, 0.1) is 0 Å². The maximum Gasteiger partial charge on any atom is 0.275 e. The summed E-state index contributed by atoms with van der Waals surface area (Å²) in [5, 5.41) is 7.35. The van der Waals surface area contributed by atoms with Gasteiger partial charge in [-0.3, -0.25) is 9.48 Å². The van der Waals surface area contributed by atoms with Crippen molar-refractivity contribution in [1.29, 1.82) is 0 Å². The molecule has 1 aromatic heterocycles. The van der Waals surface area contributed by atoms with Crippen molar-refractivity contribution < 1.29 is 4.79 Å². The molecule has 1 aliphatic rings. The Morgan fingerprint density at radius 2 is 2.12 bits per heavy atom. The van der Waals surface area contributed by atoms with Crippen LogP contribution in [0.25, 0.3) is 0 Å². The molecule has 1 aliphatic heterocycles. The van der Waals surface area contributed by atoms with Crippen molar-refractivity contribution >= 4 is 34.2 Å². The molecule has 0 spiro atoms. The number of nitrogens with one attached hydrogen (secondary N) is 1. The number of piperazine rings is 1. The zero-order chi connectivity index (χ0) is 10.8. The molecule has 7 heteroatoms. The molecule has 90 valence electrons.